The van der Waals surface area contributed by atoms with Gasteiger partial charge in [-0.1, -0.05) is 46.8 Å². The third-order valence-electron chi connectivity index (χ3n) is 5.16. The Labute approximate surface area is 163 Å². The van der Waals surface area contributed by atoms with Crippen LogP contribution in [0.3, 0.4) is 0 Å². The van der Waals surface area contributed by atoms with Crippen LogP contribution in [0.5, 0.6) is 5.75 Å². The fraction of sp³-hybridized carbons (Fsp3) is 0.636. The maximum absolute atomic E-state index is 12.7. The van der Waals surface area contributed by atoms with Crippen molar-refractivity contribution in [1.82, 2.24) is 9.80 Å². The summed E-state index contributed by atoms with van der Waals surface area (Å²) < 4.78 is 5.87. The highest BCUT2D eigenvalue weighted by molar-refractivity contribution is 5.81. The van der Waals surface area contributed by atoms with Gasteiger partial charge in [-0.25, -0.2) is 0 Å². The minimum atomic E-state index is -0.520. The first-order valence-corrected chi connectivity index (χ1v) is 9.83. The lowest BCUT2D eigenvalue weighted by atomic mass is 9.87. The summed E-state index contributed by atoms with van der Waals surface area (Å²) in [5, 5.41) is 9.35. The smallest absolute Gasteiger partial charge is 0.263 e. The first-order chi connectivity index (χ1) is 12.6. The van der Waals surface area contributed by atoms with Gasteiger partial charge in [-0.2, -0.15) is 5.26 Å². The molecule has 2 rings (SSSR count). The van der Waals surface area contributed by atoms with Gasteiger partial charge in [-0.3, -0.25) is 9.69 Å². The molecule has 27 heavy (non-hydrogen) atoms. The molecule has 5 nitrogen and oxygen atoms in total. The van der Waals surface area contributed by atoms with Crippen LogP contribution in [0.2, 0.25) is 0 Å². The average Bonchev–Trinajstić information content (AvgIpc) is 2.61. The van der Waals surface area contributed by atoms with Crippen LogP contribution in [0.25, 0.3) is 0 Å². The van der Waals surface area contributed by atoms with Crippen molar-refractivity contribution in [2.45, 2.75) is 59.1 Å². The largest absolute Gasteiger partial charge is 0.481 e. The monoisotopic (exact) mass is 371 g/mol. The summed E-state index contributed by atoms with van der Waals surface area (Å²) in [7, 11) is 0. The highest BCUT2D eigenvalue weighted by atomic mass is 16.5. The molecule has 0 aliphatic carbocycles. The van der Waals surface area contributed by atoms with Crippen LogP contribution in [0.15, 0.2) is 24.3 Å². The highest BCUT2D eigenvalue weighted by Gasteiger charge is 2.30. The van der Waals surface area contributed by atoms with E-state index in [-0.39, 0.29) is 23.3 Å². The Morgan fingerprint density at radius 3 is 2.07 bits per heavy atom. The molecule has 1 heterocycles. The van der Waals surface area contributed by atoms with E-state index in [4.69, 9.17) is 4.74 Å². The van der Waals surface area contributed by atoms with E-state index < -0.39 is 6.10 Å². The Hall–Kier alpha value is -2.06. The predicted octanol–water partition coefficient (Wildman–Crippen LogP) is 3.44. The number of nitrogens with zero attached hydrogens (tertiary/aromatic N) is 3. The van der Waals surface area contributed by atoms with Crippen molar-refractivity contribution in [3.63, 3.8) is 0 Å². The van der Waals surface area contributed by atoms with Crippen molar-refractivity contribution < 1.29 is 9.53 Å². The molecule has 5 heteroatoms. The SMILES string of the molecule is CC(Oc1ccc(C(C)(C)C)cc1)C(=O)N1CCN(C(C#N)C(C)C)CC1. The van der Waals surface area contributed by atoms with Crippen LogP contribution >= 0.6 is 0 Å². The Balaban J connectivity index is 1.90. The van der Waals surface area contributed by atoms with Crippen molar-refractivity contribution in [2.24, 2.45) is 5.92 Å². The zero-order chi connectivity index (χ0) is 20.2. The van der Waals surface area contributed by atoms with Crippen molar-refractivity contribution >= 4 is 5.91 Å². The van der Waals surface area contributed by atoms with Gasteiger partial charge in [0.2, 0.25) is 0 Å². The molecule has 0 bridgehead atoms. The lowest BCUT2D eigenvalue weighted by molar-refractivity contribution is -0.140. The van der Waals surface area contributed by atoms with Gasteiger partial charge < -0.3 is 9.64 Å². The fourth-order valence-corrected chi connectivity index (χ4v) is 3.42. The molecular formula is C22H33N3O2. The molecular weight excluding hydrogens is 338 g/mol. The minimum Gasteiger partial charge on any atom is -0.481 e. The zero-order valence-corrected chi connectivity index (χ0v) is 17.5. The second kappa shape index (κ2) is 8.75. The summed E-state index contributed by atoms with van der Waals surface area (Å²) in [5.74, 6) is 1.01. The van der Waals surface area contributed by atoms with Crippen molar-refractivity contribution in [1.29, 1.82) is 5.26 Å². The van der Waals surface area contributed by atoms with E-state index in [1.54, 1.807) is 6.92 Å². The van der Waals surface area contributed by atoms with Gasteiger partial charge in [0.15, 0.2) is 6.10 Å². The van der Waals surface area contributed by atoms with Crippen molar-refractivity contribution in [3.05, 3.63) is 29.8 Å². The standard InChI is InChI=1S/C22H33N3O2/c1-16(2)20(15-23)24-11-13-25(14-12-24)21(26)17(3)27-19-9-7-18(8-10-19)22(4,5)6/h7-10,16-17,20H,11-14H2,1-6H3. The molecule has 1 saturated heterocycles. The molecule has 0 saturated carbocycles. The van der Waals surface area contributed by atoms with Gasteiger partial charge in [-0.05, 0) is 36.0 Å². The van der Waals surface area contributed by atoms with E-state index in [0.29, 0.717) is 18.8 Å². The number of benzene rings is 1. The molecule has 1 aliphatic heterocycles. The summed E-state index contributed by atoms with van der Waals surface area (Å²) in [6.07, 6.45) is -0.520. The maximum atomic E-state index is 12.7. The summed E-state index contributed by atoms with van der Waals surface area (Å²) in [4.78, 5) is 16.7. The van der Waals surface area contributed by atoms with E-state index in [1.807, 2.05) is 17.0 Å². The van der Waals surface area contributed by atoms with Gasteiger partial charge in [0.05, 0.1) is 6.07 Å². The molecule has 0 N–H and O–H groups in total. The lowest BCUT2D eigenvalue weighted by Gasteiger charge is -2.38. The van der Waals surface area contributed by atoms with Crippen LogP contribution < -0.4 is 4.74 Å². The van der Waals surface area contributed by atoms with E-state index in [1.165, 1.54) is 5.56 Å². The number of hydrogen-bond donors (Lipinski definition) is 0. The third-order valence-corrected chi connectivity index (χ3v) is 5.16. The number of nitriles is 1. The van der Waals surface area contributed by atoms with Gasteiger partial charge in [0.1, 0.15) is 11.8 Å². The number of carbonyl (C=O) groups excluding carboxylic acids is 1. The number of piperazine rings is 1. The molecule has 0 radical (unpaired) electrons. The third kappa shape index (κ3) is 5.46. The summed E-state index contributed by atoms with van der Waals surface area (Å²) in [5.41, 5.74) is 1.33. The molecule has 1 aromatic carbocycles. The Kier molecular flexibility index (Phi) is 6.89. The van der Waals surface area contributed by atoms with Crippen LogP contribution in [-0.4, -0.2) is 54.0 Å². The molecule has 1 amide bonds. The molecule has 1 aromatic rings. The van der Waals surface area contributed by atoms with Gasteiger partial charge in [0.25, 0.3) is 5.91 Å². The summed E-state index contributed by atoms with van der Waals surface area (Å²) in [6.45, 7) is 15.2. The van der Waals surface area contributed by atoms with E-state index in [9.17, 15) is 10.1 Å². The zero-order valence-electron chi connectivity index (χ0n) is 17.5. The predicted molar refractivity (Wildman–Crippen MR) is 108 cm³/mol. The second-order valence-corrected chi connectivity index (χ2v) is 8.71. The topological polar surface area (TPSA) is 56.6 Å². The van der Waals surface area contributed by atoms with Crippen LogP contribution in [0.1, 0.15) is 47.1 Å². The summed E-state index contributed by atoms with van der Waals surface area (Å²) >= 11 is 0. The lowest BCUT2D eigenvalue weighted by Crippen LogP contribution is -2.54. The van der Waals surface area contributed by atoms with Gasteiger partial charge >= 0.3 is 0 Å². The molecule has 148 valence electrons. The number of rotatable bonds is 5. The van der Waals surface area contributed by atoms with Gasteiger partial charge in [0, 0.05) is 26.2 Å². The normalized spacial score (nSPS) is 18.1. The second-order valence-electron chi connectivity index (χ2n) is 8.71. The first-order valence-electron chi connectivity index (χ1n) is 9.83. The van der Waals surface area contributed by atoms with Crippen molar-refractivity contribution in [3.8, 4) is 11.8 Å². The molecule has 1 aliphatic rings. The Morgan fingerprint density at radius 1 is 1.07 bits per heavy atom. The van der Waals surface area contributed by atoms with Crippen LogP contribution in [0.4, 0.5) is 0 Å². The molecule has 2 atom stereocenters. The van der Waals surface area contributed by atoms with E-state index >= 15 is 0 Å². The van der Waals surface area contributed by atoms with Crippen LogP contribution in [-0.2, 0) is 10.2 Å². The van der Waals surface area contributed by atoms with E-state index in [2.05, 4.69) is 57.7 Å². The average molecular weight is 372 g/mol. The number of amides is 1. The molecule has 2 unspecified atom stereocenters. The van der Waals surface area contributed by atoms with Crippen LogP contribution in [0, 0.1) is 17.2 Å². The number of hydrogen-bond acceptors (Lipinski definition) is 4. The van der Waals surface area contributed by atoms with Crippen molar-refractivity contribution in [2.75, 3.05) is 26.2 Å². The van der Waals surface area contributed by atoms with E-state index in [0.717, 1.165) is 13.1 Å². The number of ether oxygens (including phenoxy) is 1. The minimum absolute atomic E-state index is 0.00704. The highest BCUT2D eigenvalue weighted by Crippen LogP contribution is 2.25. The first kappa shape index (κ1) is 21.2. The Bertz CT molecular complexity index is 662. The maximum Gasteiger partial charge on any atom is 0.263 e. The molecule has 0 aromatic heterocycles. The summed E-state index contributed by atoms with van der Waals surface area (Å²) in [6, 6.07) is 10.3. The quantitative estimate of drug-likeness (QED) is 0.795. The molecule has 0 spiro atoms. The molecule has 1 fully saturated rings. The Morgan fingerprint density at radius 2 is 1.63 bits per heavy atom. The fourth-order valence-electron chi connectivity index (χ4n) is 3.42. The number of carbonyl (C=O) groups is 1. The van der Waals surface area contributed by atoms with Gasteiger partial charge in [-0.15, -0.1) is 0 Å².